The highest BCUT2D eigenvalue weighted by Crippen LogP contribution is 2.34. The van der Waals surface area contributed by atoms with E-state index in [2.05, 4.69) is 20.8 Å². The third-order valence-electron chi connectivity index (χ3n) is 5.52. The van der Waals surface area contributed by atoms with Crippen molar-refractivity contribution >= 4 is 5.97 Å². The summed E-state index contributed by atoms with van der Waals surface area (Å²) < 4.78 is 17.4. The van der Waals surface area contributed by atoms with E-state index in [9.17, 15) is 9.90 Å². The molecule has 0 aliphatic carbocycles. The Hall–Kier alpha value is -1.59. The molecule has 0 spiro atoms. The standard InChI is InChI=1S/C24H38O5/c1-16-11-17(12-18(21(16)26)22(2,3)4)9-10-20(25)28-14-23(5,6)19-13-29-24(7,8)15-27-19/h11-12,19,26H,9-10,13-15H2,1-8H3. The molecule has 1 aromatic rings. The number of esters is 1. The minimum atomic E-state index is -0.319. The minimum Gasteiger partial charge on any atom is -0.507 e. The second-order valence-corrected chi connectivity index (χ2v) is 10.6. The average molecular weight is 407 g/mol. The van der Waals surface area contributed by atoms with Gasteiger partial charge in [-0.25, -0.2) is 0 Å². The Kier molecular flexibility index (Phi) is 7.06. The number of hydrogen-bond donors (Lipinski definition) is 1. The molecule has 0 bridgehead atoms. The second kappa shape index (κ2) is 8.65. The first-order chi connectivity index (χ1) is 13.2. The number of ether oxygens (including phenoxy) is 3. The van der Waals surface area contributed by atoms with Gasteiger partial charge in [0.15, 0.2) is 0 Å². The van der Waals surface area contributed by atoms with Gasteiger partial charge in [-0.2, -0.15) is 0 Å². The van der Waals surface area contributed by atoms with Gasteiger partial charge >= 0.3 is 5.97 Å². The number of hydrogen-bond acceptors (Lipinski definition) is 5. The molecule has 2 rings (SSSR count). The maximum Gasteiger partial charge on any atom is 0.306 e. The van der Waals surface area contributed by atoms with Crippen LogP contribution in [0.15, 0.2) is 12.1 Å². The average Bonchev–Trinajstić information content (AvgIpc) is 2.59. The van der Waals surface area contributed by atoms with Crippen LogP contribution in [0.2, 0.25) is 0 Å². The summed E-state index contributed by atoms with van der Waals surface area (Å²) in [4.78, 5) is 12.3. The number of rotatable bonds is 6. The van der Waals surface area contributed by atoms with Crippen molar-refractivity contribution in [1.29, 1.82) is 0 Å². The minimum absolute atomic E-state index is 0.0996. The molecule has 5 heteroatoms. The second-order valence-electron chi connectivity index (χ2n) is 10.6. The number of phenols is 1. The lowest BCUT2D eigenvalue weighted by molar-refractivity contribution is -0.209. The van der Waals surface area contributed by atoms with E-state index < -0.39 is 0 Å². The molecule has 1 aromatic carbocycles. The Labute approximate surface area is 175 Å². The van der Waals surface area contributed by atoms with Crippen LogP contribution in [-0.4, -0.2) is 42.6 Å². The van der Waals surface area contributed by atoms with E-state index in [1.165, 1.54) is 0 Å². The van der Waals surface area contributed by atoms with Gasteiger partial charge in [0.1, 0.15) is 5.75 Å². The van der Waals surface area contributed by atoms with Crippen LogP contribution in [0.1, 0.15) is 71.6 Å². The molecular formula is C24H38O5. The van der Waals surface area contributed by atoms with Crippen LogP contribution in [0.5, 0.6) is 5.75 Å². The number of phenolic OH excluding ortho intramolecular Hbond substituents is 1. The lowest BCUT2D eigenvalue weighted by Gasteiger charge is -2.41. The zero-order valence-electron chi connectivity index (χ0n) is 19.3. The number of aryl methyl sites for hydroxylation is 2. The maximum absolute atomic E-state index is 12.3. The van der Waals surface area contributed by atoms with Crippen molar-refractivity contribution in [3.05, 3.63) is 28.8 Å². The van der Waals surface area contributed by atoms with E-state index >= 15 is 0 Å². The lowest BCUT2D eigenvalue weighted by atomic mass is 9.83. The van der Waals surface area contributed by atoms with Gasteiger partial charge in [-0.15, -0.1) is 0 Å². The molecule has 1 aliphatic rings. The number of benzene rings is 1. The summed E-state index contributed by atoms with van der Waals surface area (Å²) in [6, 6.07) is 3.94. The van der Waals surface area contributed by atoms with Crippen LogP contribution in [0.25, 0.3) is 0 Å². The normalized spacial score (nSPS) is 19.8. The van der Waals surface area contributed by atoms with Crippen LogP contribution in [0.4, 0.5) is 0 Å². The maximum atomic E-state index is 12.3. The Balaban J connectivity index is 1.90. The number of carbonyl (C=O) groups is 1. The van der Waals surface area contributed by atoms with Crippen LogP contribution >= 0.6 is 0 Å². The molecule has 0 radical (unpaired) electrons. The van der Waals surface area contributed by atoms with Crippen molar-refractivity contribution < 1.29 is 24.1 Å². The van der Waals surface area contributed by atoms with Gasteiger partial charge in [0.25, 0.3) is 0 Å². The molecule has 0 saturated carbocycles. The molecule has 164 valence electrons. The Morgan fingerprint density at radius 1 is 1.24 bits per heavy atom. The van der Waals surface area contributed by atoms with Crippen molar-refractivity contribution in [3.8, 4) is 5.75 Å². The van der Waals surface area contributed by atoms with Crippen LogP contribution in [0, 0.1) is 12.3 Å². The van der Waals surface area contributed by atoms with Crippen molar-refractivity contribution in [1.82, 2.24) is 0 Å². The van der Waals surface area contributed by atoms with Gasteiger partial charge in [0, 0.05) is 11.8 Å². The summed E-state index contributed by atoms with van der Waals surface area (Å²) in [5.74, 6) is 0.113. The first-order valence-electron chi connectivity index (χ1n) is 10.5. The monoisotopic (exact) mass is 406 g/mol. The van der Waals surface area contributed by atoms with Crippen molar-refractivity contribution in [3.63, 3.8) is 0 Å². The fourth-order valence-corrected chi connectivity index (χ4v) is 3.39. The first kappa shape index (κ1) is 23.7. The van der Waals surface area contributed by atoms with Gasteiger partial charge in [0.2, 0.25) is 0 Å². The molecule has 1 atom stereocenters. The fraction of sp³-hybridized carbons (Fsp3) is 0.708. The fourth-order valence-electron chi connectivity index (χ4n) is 3.39. The third-order valence-corrected chi connectivity index (χ3v) is 5.52. The molecule has 1 fully saturated rings. The van der Waals surface area contributed by atoms with Crippen LogP contribution in [-0.2, 0) is 30.8 Å². The van der Waals surface area contributed by atoms with Gasteiger partial charge in [-0.05, 0) is 49.3 Å². The van der Waals surface area contributed by atoms with Crippen molar-refractivity contribution in [2.45, 2.75) is 85.4 Å². The van der Waals surface area contributed by atoms with E-state index in [0.717, 1.165) is 16.7 Å². The highest BCUT2D eigenvalue weighted by molar-refractivity contribution is 5.69. The summed E-state index contributed by atoms with van der Waals surface area (Å²) in [6.45, 7) is 17.5. The predicted molar refractivity (Wildman–Crippen MR) is 114 cm³/mol. The Morgan fingerprint density at radius 2 is 1.90 bits per heavy atom. The van der Waals surface area contributed by atoms with Gasteiger partial charge < -0.3 is 19.3 Å². The van der Waals surface area contributed by atoms with Gasteiger partial charge in [0.05, 0.1) is 31.5 Å². The third kappa shape index (κ3) is 6.45. The molecule has 1 unspecified atom stereocenters. The SMILES string of the molecule is Cc1cc(CCC(=O)OCC(C)(C)C2COC(C)(C)CO2)cc(C(C)(C)C)c1O. The highest BCUT2D eigenvalue weighted by atomic mass is 16.6. The topological polar surface area (TPSA) is 65.0 Å². The quantitative estimate of drug-likeness (QED) is 0.694. The van der Waals surface area contributed by atoms with Crippen molar-refractivity contribution in [2.24, 2.45) is 5.41 Å². The van der Waals surface area contributed by atoms with E-state index in [1.54, 1.807) is 0 Å². The summed E-state index contributed by atoms with van der Waals surface area (Å²) >= 11 is 0. The van der Waals surface area contributed by atoms with E-state index in [1.807, 2.05) is 46.8 Å². The largest absolute Gasteiger partial charge is 0.507 e. The Bertz CT molecular complexity index is 718. The van der Waals surface area contributed by atoms with Gasteiger partial charge in [-0.1, -0.05) is 46.8 Å². The van der Waals surface area contributed by atoms with E-state index in [4.69, 9.17) is 14.2 Å². The zero-order valence-corrected chi connectivity index (χ0v) is 19.3. The first-order valence-corrected chi connectivity index (χ1v) is 10.5. The smallest absolute Gasteiger partial charge is 0.306 e. The number of carbonyl (C=O) groups excluding carboxylic acids is 1. The molecule has 1 aliphatic heterocycles. The van der Waals surface area contributed by atoms with E-state index in [0.29, 0.717) is 38.4 Å². The summed E-state index contributed by atoms with van der Waals surface area (Å²) in [6.07, 6.45) is 0.789. The molecule has 29 heavy (non-hydrogen) atoms. The Morgan fingerprint density at radius 3 is 2.45 bits per heavy atom. The predicted octanol–water partition coefficient (Wildman–Crippen LogP) is 4.69. The van der Waals surface area contributed by atoms with Gasteiger partial charge in [-0.3, -0.25) is 4.79 Å². The van der Waals surface area contributed by atoms with Crippen molar-refractivity contribution in [2.75, 3.05) is 19.8 Å². The molecular weight excluding hydrogens is 368 g/mol. The molecule has 1 saturated heterocycles. The van der Waals surface area contributed by atoms with E-state index in [-0.39, 0.29) is 28.5 Å². The summed E-state index contributed by atoms with van der Waals surface area (Å²) in [5.41, 5.74) is 2.02. The molecule has 5 nitrogen and oxygen atoms in total. The molecule has 0 amide bonds. The van der Waals surface area contributed by atoms with Crippen LogP contribution in [0.3, 0.4) is 0 Å². The molecule has 0 aromatic heterocycles. The summed E-state index contributed by atoms with van der Waals surface area (Å²) in [7, 11) is 0. The highest BCUT2D eigenvalue weighted by Gasteiger charge is 2.38. The molecule has 1 heterocycles. The molecule has 1 N–H and O–H groups in total. The van der Waals surface area contributed by atoms with Crippen LogP contribution < -0.4 is 0 Å². The zero-order chi connectivity index (χ0) is 22.0. The number of aromatic hydroxyl groups is 1. The summed E-state index contributed by atoms with van der Waals surface area (Å²) in [5, 5.41) is 10.4. The lowest BCUT2D eigenvalue weighted by Crippen LogP contribution is -2.49.